The highest BCUT2D eigenvalue weighted by molar-refractivity contribution is 6.06. The van der Waals surface area contributed by atoms with Crippen molar-refractivity contribution >= 4 is 11.4 Å². The van der Waals surface area contributed by atoms with Gasteiger partial charge in [0, 0.05) is 11.1 Å². The lowest BCUT2D eigenvalue weighted by Gasteiger charge is -2.17. The van der Waals surface area contributed by atoms with Gasteiger partial charge in [-0.05, 0) is 55.3 Å². The van der Waals surface area contributed by atoms with Crippen molar-refractivity contribution in [3.63, 3.8) is 0 Å². The fourth-order valence-electron chi connectivity index (χ4n) is 3.04. The van der Waals surface area contributed by atoms with E-state index >= 15 is 0 Å². The van der Waals surface area contributed by atoms with Gasteiger partial charge >= 0.3 is 0 Å². The first kappa shape index (κ1) is 19.3. The van der Waals surface area contributed by atoms with Gasteiger partial charge in [0.25, 0.3) is 0 Å². The predicted octanol–water partition coefficient (Wildman–Crippen LogP) is 4.36. The van der Waals surface area contributed by atoms with Gasteiger partial charge < -0.3 is 19.7 Å². The zero-order valence-corrected chi connectivity index (χ0v) is 15.8. The lowest BCUT2D eigenvalue weighted by atomic mass is 9.90. The number of ketones is 1. The molecule has 2 aromatic rings. The largest absolute Gasteiger partial charge is 0.507 e. The molecule has 2 aromatic carbocycles. The molecule has 0 amide bonds. The molecule has 0 heterocycles. The number of benzene rings is 2. The molecule has 28 heavy (non-hydrogen) atoms. The molecule has 0 radical (unpaired) electrons. The number of carbonyl (C=O) groups is 1. The quantitative estimate of drug-likeness (QED) is 0.781. The van der Waals surface area contributed by atoms with E-state index in [1.165, 1.54) is 6.08 Å². The number of allylic oxidation sites excluding steroid dienone is 4. The zero-order valence-electron chi connectivity index (χ0n) is 15.8. The monoisotopic (exact) mass is 378 g/mol. The number of rotatable bonds is 6. The summed E-state index contributed by atoms with van der Waals surface area (Å²) in [6.45, 7) is 4.43. The summed E-state index contributed by atoms with van der Waals surface area (Å²) in [6, 6.07) is 12.0. The van der Waals surface area contributed by atoms with Crippen LogP contribution in [0.25, 0.3) is 5.57 Å². The Kier molecular flexibility index (Phi) is 5.84. The highest BCUT2D eigenvalue weighted by Gasteiger charge is 2.19. The highest BCUT2D eigenvalue weighted by Crippen LogP contribution is 2.38. The first-order chi connectivity index (χ1) is 13.5. The second-order valence-corrected chi connectivity index (χ2v) is 6.10. The van der Waals surface area contributed by atoms with Crippen LogP contribution in [0.4, 0.5) is 0 Å². The Morgan fingerprint density at radius 1 is 0.929 bits per heavy atom. The molecule has 2 N–H and O–H groups in total. The Morgan fingerprint density at radius 2 is 1.68 bits per heavy atom. The lowest BCUT2D eigenvalue weighted by Crippen LogP contribution is -2.08. The van der Waals surface area contributed by atoms with E-state index < -0.39 is 0 Å². The Labute approximate surface area is 163 Å². The van der Waals surface area contributed by atoms with Crippen molar-refractivity contribution in [3.05, 3.63) is 83.2 Å². The predicted molar refractivity (Wildman–Crippen MR) is 107 cm³/mol. The van der Waals surface area contributed by atoms with Crippen LogP contribution in [0.5, 0.6) is 17.2 Å². The molecule has 0 atom stereocenters. The molecule has 5 nitrogen and oxygen atoms in total. The first-order valence-corrected chi connectivity index (χ1v) is 9.10. The molecule has 0 saturated heterocycles. The maximum absolute atomic E-state index is 12.1. The number of phenols is 2. The fraction of sp³-hybridized carbons (Fsp3) is 0.174. The molecule has 0 aliphatic heterocycles. The van der Waals surface area contributed by atoms with Crippen molar-refractivity contribution in [1.29, 1.82) is 0 Å². The Balaban J connectivity index is 2.26. The molecular formula is C23H22O5. The zero-order chi connectivity index (χ0) is 20.1. The van der Waals surface area contributed by atoms with Crippen LogP contribution in [0, 0.1) is 0 Å². The second-order valence-electron chi connectivity index (χ2n) is 6.10. The Hall–Kier alpha value is -3.47. The summed E-state index contributed by atoms with van der Waals surface area (Å²) in [4.78, 5) is 12.1. The second kappa shape index (κ2) is 8.48. The molecule has 144 valence electrons. The van der Waals surface area contributed by atoms with E-state index in [-0.39, 0.29) is 23.0 Å². The van der Waals surface area contributed by atoms with Gasteiger partial charge in [-0.2, -0.15) is 0 Å². The minimum Gasteiger partial charge on any atom is -0.507 e. The first-order valence-electron chi connectivity index (χ1n) is 9.10. The third kappa shape index (κ3) is 3.93. The molecule has 0 aromatic heterocycles. The number of hydrogen-bond acceptors (Lipinski definition) is 5. The lowest BCUT2D eigenvalue weighted by molar-refractivity contribution is -0.114. The van der Waals surface area contributed by atoms with Gasteiger partial charge in [0.05, 0.1) is 13.2 Å². The SMILES string of the molecule is CCOC1=C/C(=C(/c2ccc(O)c(OCC)c2)c2ccccc2O)C=CC1=O. The molecule has 1 aliphatic carbocycles. The van der Waals surface area contributed by atoms with Crippen molar-refractivity contribution in [3.8, 4) is 17.2 Å². The van der Waals surface area contributed by atoms with Gasteiger partial charge in [-0.3, -0.25) is 4.79 Å². The normalized spacial score (nSPS) is 15.2. The summed E-state index contributed by atoms with van der Waals surface area (Å²) in [5.74, 6) is 0.526. The van der Waals surface area contributed by atoms with Gasteiger partial charge in [-0.25, -0.2) is 0 Å². The van der Waals surface area contributed by atoms with E-state index in [0.717, 1.165) is 5.56 Å². The van der Waals surface area contributed by atoms with Crippen LogP contribution in [0.2, 0.25) is 0 Å². The van der Waals surface area contributed by atoms with Crippen molar-refractivity contribution in [1.82, 2.24) is 0 Å². The maximum atomic E-state index is 12.1. The molecule has 0 bridgehead atoms. The smallest absolute Gasteiger partial charge is 0.220 e. The summed E-state index contributed by atoms with van der Waals surface area (Å²) in [6.07, 6.45) is 4.81. The van der Waals surface area contributed by atoms with Crippen LogP contribution in [0.15, 0.2) is 72.0 Å². The Morgan fingerprint density at radius 3 is 2.39 bits per heavy atom. The average Bonchev–Trinajstić information content (AvgIpc) is 2.69. The fourth-order valence-corrected chi connectivity index (χ4v) is 3.04. The molecule has 0 unspecified atom stereocenters. The van der Waals surface area contributed by atoms with E-state index in [0.29, 0.717) is 35.7 Å². The van der Waals surface area contributed by atoms with Gasteiger partial charge in [0.15, 0.2) is 17.3 Å². The molecule has 3 rings (SSSR count). The minimum absolute atomic E-state index is 0.0344. The average molecular weight is 378 g/mol. The number of hydrogen-bond donors (Lipinski definition) is 2. The molecule has 0 saturated carbocycles. The number of para-hydroxylation sites is 1. The summed E-state index contributed by atoms with van der Waals surface area (Å²) in [7, 11) is 0. The van der Waals surface area contributed by atoms with E-state index in [4.69, 9.17) is 9.47 Å². The third-order valence-corrected chi connectivity index (χ3v) is 4.25. The van der Waals surface area contributed by atoms with Gasteiger partial charge in [-0.15, -0.1) is 0 Å². The summed E-state index contributed by atoms with van der Waals surface area (Å²) in [5.41, 5.74) is 2.72. The van der Waals surface area contributed by atoms with E-state index in [1.54, 1.807) is 48.6 Å². The van der Waals surface area contributed by atoms with Crippen LogP contribution in [-0.2, 0) is 9.53 Å². The van der Waals surface area contributed by atoms with Crippen LogP contribution < -0.4 is 4.74 Å². The molecule has 0 fully saturated rings. The van der Waals surface area contributed by atoms with Gasteiger partial charge in [0.1, 0.15) is 5.75 Å². The van der Waals surface area contributed by atoms with Crippen LogP contribution in [0.1, 0.15) is 25.0 Å². The standard InChI is InChI=1S/C23H22O5/c1-3-27-21-13-15(9-11-19(21)25)23(17-7-5-6-8-18(17)24)16-10-12-20(26)22(14-16)28-4-2/h5-14,24-25H,3-4H2,1-2H3/b23-16-. The van der Waals surface area contributed by atoms with Crippen molar-refractivity contribution in [2.45, 2.75) is 13.8 Å². The van der Waals surface area contributed by atoms with Gasteiger partial charge in [0.2, 0.25) is 5.78 Å². The third-order valence-electron chi connectivity index (χ3n) is 4.25. The number of aromatic hydroxyl groups is 2. The summed E-state index contributed by atoms with van der Waals surface area (Å²) in [5, 5.41) is 20.5. The molecule has 0 spiro atoms. The topological polar surface area (TPSA) is 76.0 Å². The van der Waals surface area contributed by atoms with Crippen molar-refractivity contribution in [2.24, 2.45) is 0 Å². The molecule has 1 aliphatic rings. The highest BCUT2D eigenvalue weighted by atomic mass is 16.5. The van der Waals surface area contributed by atoms with E-state index in [1.807, 2.05) is 19.9 Å². The van der Waals surface area contributed by atoms with Crippen molar-refractivity contribution in [2.75, 3.05) is 13.2 Å². The van der Waals surface area contributed by atoms with Crippen molar-refractivity contribution < 1.29 is 24.5 Å². The summed E-state index contributed by atoms with van der Waals surface area (Å²) < 4.78 is 11.0. The maximum Gasteiger partial charge on any atom is 0.220 e. The number of carbonyl (C=O) groups excluding carboxylic acids is 1. The van der Waals surface area contributed by atoms with E-state index in [9.17, 15) is 15.0 Å². The molecular weight excluding hydrogens is 356 g/mol. The number of phenolic OH excluding ortho intramolecular Hbond substituents is 2. The Bertz CT molecular complexity index is 982. The van der Waals surface area contributed by atoms with Gasteiger partial charge in [-0.1, -0.05) is 30.3 Å². The van der Waals surface area contributed by atoms with Crippen LogP contribution in [0.3, 0.4) is 0 Å². The van der Waals surface area contributed by atoms with E-state index in [2.05, 4.69) is 0 Å². The van der Waals surface area contributed by atoms with Crippen LogP contribution in [-0.4, -0.2) is 29.2 Å². The van der Waals surface area contributed by atoms with Crippen LogP contribution >= 0.6 is 0 Å². The summed E-state index contributed by atoms with van der Waals surface area (Å²) >= 11 is 0. The minimum atomic E-state index is -0.206. The molecule has 5 heteroatoms. The number of ether oxygens (including phenoxy) is 2.